The molecule has 2 aliphatic heterocycles. The van der Waals surface area contributed by atoms with Crippen LogP contribution >= 0.6 is 0 Å². The SMILES string of the molecule is O=C(C1CCC1)N1CCC(Oc2ccc3c(c2)CCN(C2CCC2)CC3)CC1. The third kappa shape index (κ3) is 3.80. The van der Waals surface area contributed by atoms with Gasteiger partial charge in [0, 0.05) is 51.0 Å². The van der Waals surface area contributed by atoms with Crippen LogP contribution in [0.15, 0.2) is 18.2 Å². The van der Waals surface area contributed by atoms with Crippen molar-refractivity contribution in [3.05, 3.63) is 29.3 Å². The van der Waals surface area contributed by atoms with Crippen molar-refractivity contribution in [1.29, 1.82) is 0 Å². The number of carbonyl (C=O) groups is 1. The molecule has 28 heavy (non-hydrogen) atoms. The number of hydrogen-bond acceptors (Lipinski definition) is 3. The van der Waals surface area contributed by atoms with E-state index in [0.29, 0.717) is 11.8 Å². The average Bonchev–Trinajstić information content (AvgIpc) is 2.82. The van der Waals surface area contributed by atoms with Crippen LogP contribution in [0.4, 0.5) is 0 Å². The molecule has 2 aliphatic carbocycles. The molecular weight excluding hydrogens is 348 g/mol. The van der Waals surface area contributed by atoms with Gasteiger partial charge in [-0.15, -0.1) is 0 Å². The van der Waals surface area contributed by atoms with E-state index in [2.05, 4.69) is 28.0 Å². The Balaban J connectivity index is 1.15. The number of ether oxygens (including phenoxy) is 1. The lowest BCUT2D eigenvalue weighted by Crippen LogP contribution is -2.45. The molecule has 2 saturated carbocycles. The molecule has 1 amide bonds. The minimum absolute atomic E-state index is 0.251. The van der Waals surface area contributed by atoms with Crippen LogP contribution in [0.1, 0.15) is 62.5 Å². The van der Waals surface area contributed by atoms with Gasteiger partial charge in [-0.3, -0.25) is 9.69 Å². The molecule has 3 fully saturated rings. The Labute approximate surface area is 169 Å². The molecule has 5 rings (SSSR count). The summed E-state index contributed by atoms with van der Waals surface area (Å²) in [5.41, 5.74) is 2.99. The Morgan fingerprint density at radius 2 is 1.57 bits per heavy atom. The van der Waals surface area contributed by atoms with Gasteiger partial charge in [-0.1, -0.05) is 18.9 Å². The molecule has 0 unspecified atom stereocenters. The summed E-state index contributed by atoms with van der Waals surface area (Å²) in [5.74, 6) is 1.74. The molecule has 1 aromatic rings. The van der Waals surface area contributed by atoms with Crippen LogP contribution in [-0.4, -0.2) is 54.0 Å². The Kier molecular flexibility index (Phi) is 5.32. The minimum atomic E-state index is 0.251. The summed E-state index contributed by atoms with van der Waals surface area (Å²) in [5, 5.41) is 0. The summed E-state index contributed by atoms with van der Waals surface area (Å²) in [4.78, 5) is 17.2. The molecule has 0 spiro atoms. The normalized spacial score (nSPS) is 24.8. The van der Waals surface area contributed by atoms with Crippen molar-refractivity contribution < 1.29 is 9.53 Å². The van der Waals surface area contributed by atoms with Crippen LogP contribution < -0.4 is 4.74 Å². The van der Waals surface area contributed by atoms with Crippen molar-refractivity contribution in [3.63, 3.8) is 0 Å². The van der Waals surface area contributed by atoms with E-state index in [-0.39, 0.29) is 6.10 Å². The number of fused-ring (bicyclic) bond motifs is 1. The van der Waals surface area contributed by atoms with Crippen LogP contribution in [-0.2, 0) is 17.6 Å². The summed E-state index contributed by atoms with van der Waals surface area (Å²) in [6.45, 7) is 4.14. The number of nitrogens with zero attached hydrogens (tertiary/aromatic N) is 2. The fourth-order valence-electron chi connectivity index (χ4n) is 5.21. The third-order valence-corrected chi connectivity index (χ3v) is 7.62. The van der Waals surface area contributed by atoms with E-state index in [0.717, 1.165) is 57.0 Å². The molecule has 0 aromatic heterocycles. The molecule has 4 nitrogen and oxygen atoms in total. The van der Waals surface area contributed by atoms with Gasteiger partial charge in [-0.2, -0.15) is 0 Å². The molecule has 4 heteroatoms. The minimum Gasteiger partial charge on any atom is -0.490 e. The third-order valence-electron chi connectivity index (χ3n) is 7.62. The van der Waals surface area contributed by atoms with Gasteiger partial charge in [0.05, 0.1) is 0 Å². The molecule has 4 aliphatic rings. The van der Waals surface area contributed by atoms with Gasteiger partial charge in [0.25, 0.3) is 0 Å². The molecule has 0 atom stereocenters. The fourth-order valence-corrected chi connectivity index (χ4v) is 5.21. The van der Waals surface area contributed by atoms with Gasteiger partial charge in [-0.05, 0) is 61.8 Å². The number of likely N-dealkylation sites (tertiary alicyclic amines) is 1. The molecule has 0 N–H and O–H groups in total. The van der Waals surface area contributed by atoms with E-state index in [9.17, 15) is 4.79 Å². The van der Waals surface area contributed by atoms with Gasteiger partial charge in [0.15, 0.2) is 0 Å². The topological polar surface area (TPSA) is 32.8 Å². The average molecular weight is 383 g/mol. The van der Waals surface area contributed by atoms with Gasteiger partial charge in [0.2, 0.25) is 5.91 Å². The summed E-state index contributed by atoms with van der Waals surface area (Å²) >= 11 is 0. The largest absolute Gasteiger partial charge is 0.490 e. The highest BCUT2D eigenvalue weighted by atomic mass is 16.5. The first-order chi connectivity index (χ1) is 13.8. The van der Waals surface area contributed by atoms with Crippen molar-refractivity contribution in [3.8, 4) is 5.75 Å². The maximum Gasteiger partial charge on any atom is 0.225 e. The summed E-state index contributed by atoms with van der Waals surface area (Å²) < 4.78 is 6.35. The zero-order chi connectivity index (χ0) is 18.9. The lowest BCUT2D eigenvalue weighted by atomic mass is 9.84. The van der Waals surface area contributed by atoms with Crippen LogP contribution in [0.2, 0.25) is 0 Å². The molecule has 2 heterocycles. The first kappa shape index (κ1) is 18.5. The smallest absolute Gasteiger partial charge is 0.225 e. The number of hydrogen-bond donors (Lipinski definition) is 0. The van der Waals surface area contributed by atoms with E-state index < -0.39 is 0 Å². The molecule has 0 bridgehead atoms. The van der Waals surface area contributed by atoms with E-state index in [1.165, 1.54) is 56.3 Å². The maximum absolute atomic E-state index is 12.4. The highest BCUT2D eigenvalue weighted by molar-refractivity contribution is 5.79. The molecular formula is C24H34N2O2. The summed E-state index contributed by atoms with van der Waals surface area (Å²) in [7, 11) is 0. The van der Waals surface area contributed by atoms with Crippen molar-refractivity contribution >= 4 is 5.91 Å². The zero-order valence-electron chi connectivity index (χ0n) is 17.1. The maximum atomic E-state index is 12.4. The van der Waals surface area contributed by atoms with Crippen molar-refractivity contribution in [2.75, 3.05) is 26.2 Å². The predicted octanol–water partition coefficient (Wildman–Crippen LogP) is 3.81. The first-order valence-corrected chi connectivity index (χ1v) is 11.6. The van der Waals surface area contributed by atoms with Gasteiger partial charge >= 0.3 is 0 Å². The number of amides is 1. The number of benzene rings is 1. The quantitative estimate of drug-likeness (QED) is 0.794. The monoisotopic (exact) mass is 382 g/mol. The first-order valence-electron chi connectivity index (χ1n) is 11.6. The van der Waals surface area contributed by atoms with Crippen molar-refractivity contribution in [2.24, 2.45) is 5.92 Å². The second-order valence-corrected chi connectivity index (χ2v) is 9.32. The van der Waals surface area contributed by atoms with E-state index in [1.54, 1.807) is 0 Å². The second-order valence-electron chi connectivity index (χ2n) is 9.32. The van der Waals surface area contributed by atoms with Crippen LogP contribution in [0, 0.1) is 5.92 Å². The van der Waals surface area contributed by atoms with Gasteiger partial charge in [0.1, 0.15) is 11.9 Å². The fraction of sp³-hybridized carbons (Fsp3) is 0.708. The van der Waals surface area contributed by atoms with Crippen LogP contribution in [0.3, 0.4) is 0 Å². The van der Waals surface area contributed by atoms with Gasteiger partial charge < -0.3 is 9.64 Å². The van der Waals surface area contributed by atoms with E-state index >= 15 is 0 Å². The van der Waals surface area contributed by atoms with Gasteiger partial charge in [-0.25, -0.2) is 0 Å². The Hall–Kier alpha value is -1.55. The summed E-state index contributed by atoms with van der Waals surface area (Å²) in [6.07, 6.45) is 12.1. The predicted molar refractivity (Wildman–Crippen MR) is 111 cm³/mol. The van der Waals surface area contributed by atoms with E-state index in [4.69, 9.17) is 4.74 Å². The molecule has 1 aromatic carbocycles. The van der Waals surface area contributed by atoms with Crippen LogP contribution in [0.5, 0.6) is 5.75 Å². The number of rotatable bonds is 4. The number of piperidine rings is 1. The standard InChI is InChI=1S/C24H34N2O2/c27-24(19-3-1-4-19)26-15-11-22(12-16-26)28-23-8-7-18-9-13-25(21-5-2-6-21)14-10-20(18)17-23/h7-8,17,19,21-22H,1-6,9-16H2. The lowest BCUT2D eigenvalue weighted by molar-refractivity contribution is -0.140. The Morgan fingerprint density at radius 1 is 0.857 bits per heavy atom. The summed E-state index contributed by atoms with van der Waals surface area (Å²) in [6, 6.07) is 7.61. The number of carbonyl (C=O) groups excluding carboxylic acids is 1. The molecule has 0 radical (unpaired) electrons. The zero-order valence-corrected chi connectivity index (χ0v) is 17.1. The second kappa shape index (κ2) is 8.06. The Morgan fingerprint density at radius 3 is 2.21 bits per heavy atom. The lowest BCUT2D eigenvalue weighted by Gasteiger charge is -2.36. The highest BCUT2D eigenvalue weighted by Crippen LogP contribution is 2.31. The Bertz CT molecular complexity index is 703. The molecule has 152 valence electrons. The van der Waals surface area contributed by atoms with Crippen molar-refractivity contribution in [1.82, 2.24) is 9.80 Å². The van der Waals surface area contributed by atoms with E-state index in [1.807, 2.05) is 0 Å². The van der Waals surface area contributed by atoms with Crippen molar-refractivity contribution in [2.45, 2.75) is 76.4 Å². The molecule has 1 saturated heterocycles. The highest BCUT2D eigenvalue weighted by Gasteiger charge is 2.32. The van der Waals surface area contributed by atoms with Crippen LogP contribution in [0.25, 0.3) is 0 Å².